The zero-order valence-corrected chi connectivity index (χ0v) is 13.1. The molecule has 0 spiro atoms. The van der Waals surface area contributed by atoms with Crippen LogP contribution in [0.1, 0.15) is 28.7 Å². The summed E-state index contributed by atoms with van der Waals surface area (Å²) in [6.45, 7) is 10.1. The molecule has 1 aliphatic heterocycles. The van der Waals surface area contributed by atoms with Crippen LogP contribution in [0.3, 0.4) is 0 Å². The number of nitrogens with one attached hydrogen (secondary N) is 1. The van der Waals surface area contributed by atoms with Crippen molar-refractivity contribution in [2.24, 2.45) is 0 Å². The highest BCUT2D eigenvalue weighted by Gasteiger charge is 2.22. The number of rotatable bonds is 4. The number of fused-ring (bicyclic) bond motifs is 1. The lowest BCUT2D eigenvalue weighted by Gasteiger charge is -2.31. The van der Waals surface area contributed by atoms with E-state index in [1.54, 1.807) is 4.90 Å². The number of aromatic nitrogens is 2. The molecule has 3 heterocycles. The summed E-state index contributed by atoms with van der Waals surface area (Å²) in [7, 11) is 0. The predicted molar refractivity (Wildman–Crippen MR) is 80.8 cm³/mol. The summed E-state index contributed by atoms with van der Waals surface area (Å²) in [6.07, 6.45) is 1.94. The molecule has 118 valence electrons. The lowest BCUT2D eigenvalue weighted by Crippen LogP contribution is -3.14. The Morgan fingerprint density at radius 1 is 1.36 bits per heavy atom. The number of carboxylic acids is 1. The number of piperazine rings is 1. The summed E-state index contributed by atoms with van der Waals surface area (Å²) in [6, 6.07) is 3.79. The van der Waals surface area contributed by atoms with Gasteiger partial charge in [-0.3, -0.25) is 4.90 Å². The maximum absolute atomic E-state index is 11.4. The van der Waals surface area contributed by atoms with Gasteiger partial charge < -0.3 is 19.2 Å². The number of carboxylic acid groups (broad SMARTS) is 1. The van der Waals surface area contributed by atoms with Crippen LogP contribution in [0.2, 0.25) is 0 Å². The van der Waals surface area contributed by atoms with Crippen molar-refractivity contribution in [3.8, 4) is 0 Å². The molecule has 0 amide bonds. The number of carbonyl (C=O) groups excluding carboxylic acids is 1. The van der Waals surface area contributed by atoms with Crippen LogP contribution in [-0.2, 0) is 6.54 Å². The number of hydrogen-bond donors (Lipinski definition) is 1. The number of quaternary nitrogens is 1. The van der Waals surface area contributed by atoms with Gasteiger partial charge in [0, 0.05) is 25.8 Å². The minimum atomic E-state index is -1.20. The molecule has 2 aromatic rings. The minimum absolute atomic E-state index is 0.0656. The molecule has 0 aromatic carbocycles. The van der Waals surface area contributed by atoms with Gasteiger partial charge in [-0.05, 0) is 25.5 Å². The summed E-state index contributed by atoms with van der Waals surface area (Å²) < 4.78 is 1.89. The lowest BCUT2D eigenvalue weighted by atomic mass is 10.2. The Hall–Kier alpha value is -1.92. The number of hydrogen-bond acceptors (Lipinski definition) is 4. The fourth-order valence-electron chi connectivity index (χ4n) is 3.11. The Balaban J connectivity index is 1.90. The molecule has 3 rings (SSSR count). The number of nitrogens with zero attached hydrogens (tertiary/aromatic N) is 3. The predicted octanol–water partition coefficient (Wildman–Crippen LogP) is -1.27. The zero-order chi connectivity index (χ0) is 15.7. The quantitative estimate of drug-likeness (QED) is 0.765. The van der Waals surface area contributed by atoms with Gasteiger partial charge >= 0.3 is 0 Å². The SMILES string of the molecule is CC[NH+]1CCN(Cc2c(C(=O)[O-])nc3ccc(C)cn23)CC1. The first-order chi connectivity index (χ1) is 10.6. The number of carbonyl (C=O) groups is 1. The molecule has 1 N–H and O–H groups in total. The van der Waals surface area contributed by atoms with Gasteiger partial charge in [-0.2, -0.15) is 0 Å². The van der Waals surface area contributed by atoms with Gasteiger partial charge in [0.1, 0.15) is 11.3 Å². The van der Waals surface area contributed by atoms with Gasteiger partial charge in [0.2, 0.25) is 0 Å². The van der Waals surface area contributed by atoms with Crippen LogP contribution in [0.25, 0.3) is 5.65 Å². The van der Waals surface area contributed by atoms with Gasteiger partial charge in [0.25, 0.3) is 0 Å². The van der Waals surface area contributed by atoms with E-state index in [1.807, 2.05) is 29.7 Å². The zero-order valence-electron chi connectivity index (χ0n) is 13.1. The van der Waals surface area contributed by atoms with Gasteiger partial charge in [0.15, 0.2) is 0 Å². The highest BCUT2D eigenvalue weighted by molar-refractivity contribution is 5.86. The molecule has 6 heteroatoms. The Kier molecular flexibility index (Phi) is 4.13. The molecule has 6 nitrogen and oxygen atoms in total. The Labute approximate surface area is 130 Å². The standard InChI is InChI=1S/C16H22N4O2/c1-3-18-6-8-19(9-7-18)11-13-15(16(21)22)17-14-5-4-12(2)10-20(13)14/h4-5,10H,3,6-9,11H2,1-2H3,(H,21,22). The van der Waals surface area contributed by atoms with Crippen LogP contribution in [-0.4, -0.2) is 53.0 Å². The second-order valence-electron chi connectivity index (χ2n) is 6.01. The van der Waals surface area contributed by atoms with Crippen LogP contribution in [0.4, 0.5) is 0 Å². The third kappa shape index (κ3) is 2.84. The third-order valence-corrected chi connectivity index (χ3v) is 4.50. The molecule has 0 unspecified atom stereocenters. The third-order valence-electron chi connectivity index (χ3n) is 4.50. The van der Waals surface area contributed by atoms with Crippen molar-refractivity contribution in [2.45, 2.75) is 20.4 Å². The summed E-state index contributed by atoms with van der Waals surface area (Å²) >= 11 is 0. The Morgan fingerprint density at radius 3 is 2.73 bits per heavy atom. The van der Waals surface area contributed by atoms with E-state index in [0.717, 1.165) is 44.0 Å². The van der Waals surface area contributed by atoms with Crippen molar-refractivity contribution in [2.75, 3.05) is 32.7 Å². The molecule has 0 bridgehead atoms. The number of pyridine rings is 1. The number of aromatic carboxylic acids is 1. The summed E-state index contributed by atoms with van der Waals surface area (Å²) in [5.74, 6) is -1.20. The van der Waals surface area contributed by atoms with Crippen molar-refractivity contribution in [3.05, 3.63) is 35.3 Å². The van der Waals surface area contributed by atoms with Crippen molar-refractivity contribution in [1.29, 1.82) is 0 Å². The second-order valence-corrected chi connectivity index (χ2v) is 6.01. The molecular weight excluding hydrogens is 280 g/mol. The smallest absolute Gasteiger partial charge is 0.137 e. The number of imidazole rings is 1. The fourth-order valence-corrected chi connectivity index (χ4v) is 3.11. The van der Waals surface area contributed by atoms with E-state index in [4.69, 9.17) is 0 Å². The Bertz CT molecular complexity index is 687. The van der Waals surface area contributed by atoms with Crippen molar-refractivity contribution in [3.63, 3.8) is 0 Å². The van der Waals surface area contributed by atoms with Crippen LogP contribution in [0.15, 0.2) is 18.3 Å². The first-order valence-electron chi connectivity index (χ1n) is 7.83. The topological polar surface area (TPSA) is 65.1 Å². The first kappa shape index (κ1) is 15.0. The van der Waals surface area contributed by atoms with Gasteiger partial charge in [-0.1, -0.05) is 6.07 Å². The number of likely N-dealkylation sites (N-methyl/N-ethyl adjacent to an activating group) is 1. The maximum atomic E-state index is 11.4. The molecule has 1 saturated heterocycles. The molecule has 0 saturated carbocycles. The Morgan fingerprint density at radius 2 is 2.09 bits per heavy atom. The maximum Gasteiger partial charge on any atom is 0.137 e. The van der Waals surface area contributed by atoms with Crippen LogP contribution >= 0.6 is 0 Å². The average Bonchev–Trinajstić information content (AvgIpc) is 2.86. The monoisotopic (exact) mass is 302 g/mol. The summed E-state index contributed by atoms with van der Waals surface area (Å²) in [4.78, 5) is 19.5. The van der Waals surface area contributed by atoms with E-state index in [1.165, 1.54) is 0 Å². The van der Waals surface area contributed by atoms with Crippen LogP contribution < -0.4 is 10.0 Å². The van der Waals surface area contributed by atoms with Crippen LogP contribution in [0.5, 0.6) is 0 Å². The van der Waals surface area contributed by atoms with E-state index in [-0.39, 0.29) is 5.69 Å². The van der Waals surface area contributed by atoms with E-state index >= 15 is 0 Å². The first-order valence-corrected chi connectivity index (χ1v) is 7.83. The largest absolute Gasteiger partial charge is 0.543 e. The van der Waals surface area contributed by atoms with Gasteiger partial charge in [-0.25, -0.2) is 4.98 Å². The molecule has 22 heavy (non-hydrogen) atoms. The highest BCUT2D eigenvalue weighted by Crippen LogP contribution is 2.16. The van der Waals surface area contributed by atoms with E-state index < -0.39 is 5.97 Å². The van der Waals surface area contributed by atoms with Gasteiger partial charge in [-0.15, -0.1) is 0 Å². The molecule has 1 fully saturated rings. The van der Waals surface area contributed by atoms with Crippen molar-refractivity contribution >= 4 is 11.6 Å². The molecular formula is C16H22N4O2. The highest BCUT2D eigenvalue weighted by atomic mass is 16.4. The summed E-state index contributed by atoms with van der Waals surface area (Å²) in [5, 5.41) is 11.4. The van der Waals surface area contributed by atoms with Crippen molar-refractivity contribution < 1.29 is 14.8 Å². The van der Waals surface area contributed by atoms with E-state index in [2.05, 4.69) is 16.8 Å². The molecule has 2 aromatic heterocycles. The average molecular weight is 302 g/mol. The molecule has 0 atom stereocenters. The molecule has 0 radical (unpaired) electrons. The van der Waals surface area contributed by atoms with E-state index in [9.17, 15) is 9.90 Å². The van der Waals surface area contributed by atoms with Crippen molar-refractivity contribution in [1.82, 2.24) is 14.3 Å². The molecule has 1 aliphatic rings. The summed E-state index contributed by atoms with van der Waals surface area (Å²) in [5.41, 5.74) is 2.53. The lowest BCUT2D eigenvalue weighted by molar-refractivity contribution is -0.902. The molecule has 0 aliphatic carbocycles. The minimum Gasteiger partial charge on any atom is -0.543 e. The second kappa shape index (κ2) is 6.06. The fraction of sp³-hybridized carbons (Fsp3) is 0.500. The normalized spacial score (nSPS) is 17.2. The van der Waals surface area contributed by atoms with Gasteiger partial charge in [0.05, 0.1) is 31.3 Å². The van der Waals surface area contributed by atoms with E-state index in [0.29, 0.717) is 12.2 Å². The number of aryl methyl sites for hydroxylation is 1. The van der Waals surface area contributed by atoms with Crippen LogP contribution in [0, 0.1) is 6.92 Å².